The standard InChI is InChI=1S/C22H26N4O2.C2HF3O2/c1-15-13-26(14-16(2)28-15)22(27)18-8-6-17(7-9-18)10-23-11-19-4-3-5-20-12-24-25-21(19)20;3-2(4,5)1(6)7/h3-9,12,15-16,23H,10-11,13-14H2,1-2H3,(H,24,25);(H,6,7). The van der Waals surface area contributed by atoms with E-state index in [1.54, 1.807) is 0 Å². The van der Waals surface area contributed by atoms with Crippen molar-refractivity contribution in [3.8, 4) is 0 Å². The predicted octanol–water partition coefficient (Wildman–Crippen LogP) is 3.74. The number of nitrogens with one attached hydrogen (secondary N) is 2. The number of carboxylic acid groups (broad SMARTS) is 1. The Kier molecular flexibility index (Phi) is 8.47. The number of ether oxygens (including phenoxy) is 1. The molecule has 1 aromatic heterocycles. The van der Waals surface area contributed by atoms with Gasteiger partial charge in [-0.05, 0) is 37.1 Å². The van der Waals surface area contributed by atoms with Gasteiger partial charge in [-0.25, -0.2) is 4.79 Å². The van der Waals surface area contributed by atoms with Gasteiger partial charge in [-0.2, -0.15) is 18.3 Å². The van der Waals surface area contributed by atoms with E-state index in [1.165, 1.54) is 5.56 Å². The van der Waals surface area contributed by atoms with Gasteiger partial charge in [0.05, 0.1) is 23.9 Å². The molecule has 2 unspecified atom stereocenters. The van der Waals surface area contributed by atoms with Crippen molar-refractivity contribution in [3.05, 3.63) is 65.4 Å². The largest absolute Gasteiger partial charge is 0.490 e. The second-order valence-corrected chi connectivity index (χ2v) is 8.32. The maximum atomic E-state index is 12.7. The van der Waals surface area contributed by atoms with Gasteiger partial charge in [0, 0.05) is 37.1 Å². The third kappa shape index (κ3) is 7.27. The molecule has 2 aromatic carbocycles. The fourth-order valence-electron chi connectivity index (χ4n) is 3.81. The van der Waals surface area contributed by atoms with Crippen LogP contribution >= 0.6 is 0 Å². The first-order valence-electron chi connectivity index (χ1n) is 11.0. The normalized spacial score (nSPS) is 18.1. The molecule has 3 N–H and O–H groups in total. The summed E-state index contributed by atoms with van der Waals surface area (Å²) in [5.41, 5.74) is 4.14. The molecule has 35 heavy (non-hydrogen) atoms. The summed E-state index contributed by atoms with van der Waals surface area (Å²) in [4.78, 5) is 23.5. The number of aromatic amines is 1. The van der Waals surface area contributed by atoms with Crippen LogP contribution in [0.5, 0.6) is 0 Å². The molecule has 0 bridgehead atoms. The second kappa shape index (κ2) is 11.3. The van der Waals surface area contributed by atoms with Gasteiger partial charge < -0.3 is 20.1 Å². The number of carbonyl (C=O) groups excluding carboxylic acids is 1. The Bertz CT molecular complexity index is 1140. The van der Waals surface area contributed by atoms with Gasteiger partial charge in [-0.15, -0.1) is 0 Å². The van der Waals surface area contributed by atoms with Gasteiger partial charge >= 0.3 is 12.1 Å². The van der Waals surface area contributed by atoms with Crippen LogP contribution in [-0.2, 0) is 22.6 Å². The smallest absolute Gasteiger partial charge is 0.475 e. The van der Waals surface area contributed by atoms with Crippen molar-refractivity contribution in [2.75, 3.05) is 13.1 Å². The molecule has 0 aliphatic carbocycles. The van der Waals surface area contributed by atoms with Crippen molar-refractivity contribution in [3.63, 3.8) is 0 Å². The van der Waals surface area contributed by atoms with Crippen LogP contribution in [0.3, 0.4) is 0 Å². The average Bonchev–Trinajstić information content (AvgIpc) is 3.28. The van der Waals surface area contributed by atoms with E-state index in [-0.39, 0.29) is 18.1 Å². The van der Waals surface area contributed by atoms with E-state index >= 15 is 0 Å². The number of carbonyl (C=O) groups is 2. The number of aromatic nitrogens is 2. The number of para-hydroxylation sites is 1. The molecule has 0 saturated carbocycles. The third-order valence-electron chi connectivity index (χ3n) is 5.36. The number of benzene rings is 2. The summed E-state index contributed by atoms with van der Waals surface area (Å²) < 4.78 is 37.5. The van der Waals surface area contributed by atoms with Crippen molar-refractivity contribution in [2.24, 2.45) is 0 Å². The highest BCUT2D eigenvalue weighted by atomic mass is 19.4. The van der Waals surface area contributed by atoms with E-state index in [1.807, 2.05) is 61.3 Å². The molecule has 4 rings (SSSR count). The topological polar surface area (TPSA) is 108 Å². The fraction of sp³-hybridized carbons (Fsp3) is 0.375. The van der Waals surface area contributed by atoms with Gasteiger partial charge in [-0.3, -0.25) is 9.89 Å². The number of carboxylic acids is 1. The monoisotopic (exact) mass is 492 g/mol. The zero-order valence-electron chi connectivity index (χ0n) is 19.3. The summed E-state index contributed by atoms with van der Waals surface area (Å²) in [7, 11) is 0. The maximum absolute atomic E-state index is 12.7. The maximum Gasteiger partial charge on any atom is 0.490 e. The van der Waals surface area contributed by atoms with Crippen LogP contribution in [0.15, 0.2) is 48.7 Å². The third-order valence-corrected chi connectivity index (χ3v) is 5.36. The highest BCUT2D eigenvalue weighted by Crippen LogP contribution is 2.17. The Hall–Kier alpha value is -3.44. The molecule has 1 amide bonds. The molecular formula is C24H27F3N4O4. The fourth-order valence-corrected chi connectivity index (χ4v) is 3.81. The molecule has 11 heteroatoms. The number of hydrogen-bond acceptors (Lipinski definition) is 5. The van der Waals surface area contributed by atoms with Gasteiger partial charge in [0.1, 0.15) is 0 Å². The van der Waals surface area contributed by atoms with Crippen LogP contribution in [0, 0.1) is 0 Å². The van der Waals surface area contributed by atoms with Gasteiger partial charge in [0.25, 0.3) is 5.91 Å². The molecule has 2 atom stereocenters. The zero-order chi connectivity index (χ0) is 25.6. The SMILES string of the molecule is CC1CN(C(=O)c2ccc(CNCc3cccc4cn[nH]c34)cc2)CC(C)O1.O=C(O)C(F)(F)F. The highest BCUT2D eigenvalue weighted by Gasteiger charge is 2.38. The van der Waals surface area contributed by atoms with Crippen LogP contribution in [-0.4, -0.2) is 63.6 Å². The molecule has 2 heterocycles. The van der Waals surface area contributed by atoms with E-state index in [2.05, 4.69) is 21.6 Å². The van der Waals surface area contributed by atoms with Crippen LogP contribution < -0.4 is 5.32 Å². The predicted molar refractivity (Wildman–Crippen MR) is 123 cm³/mol. The molecule has 188 valence electrons. The summed E-state index contributed by atoms with van der Waals surface area (Å²) in [5, 5.41) is 18.9. The summed E-state index contributed by atoms with van der Waals surface area (Å²) in [6, 6.07) is 14.1. The number of alkyl halides is 3. The van der Waals surface area contributed by atoms with E-state index in [4.69, 9.17) is 14.6 Å². The van der Waals surface area contributed by atoms with E-state index in [0.29, 0.717) is 13.1 Å². The minimum atomic E-state index is -5.08. The first-order chi connectivity index (χ1) is 16.5. The molecule has 0 spiro atoms. The molecule has 1 aliphatic heterocycles. The Morgan fingerprint density at radius 3 is 2.34 bits per heavy atom. The Morgan fingerprint density at radius 1 is 1.11 bits per heavy atom. The van der Waals surface area contributed by atoms with Crippen LogP contribution in [0.4, 0.5) is 13.2 Å². The minimum Gasteiger partial charge on any atom is -0.475 e. The number of aliphatic carboxylic acids is 1. The van der Waals surface area contributed by atoms with Crippen molar-refractivity contribution < 1.29 is 32.6 Å². The Balaban J connectivity index is 0.000000429. The number of H-pyrrole nitrogens is 1. The van der Waals surface area contributed by atoms with Gasteiger partial charge in [0.2, 0.25) is 0 Å². The molecule has 8 nitrogen and oxygen atoms in total. The lowest BCUT2D eigenvalue weighted by atomic mass is 10.1. The van der Waals surface area contributed by atoms with Crippen molar-refractivity contribution in [2.45, 2.75) is 45.3 Å². The lowest BCUT2D eigenvalue weighted by molar-refractivity contribution is -0.192. The number of fused-ring (bicyclic) bond motifs is 1. The van der Waals surface area contributed by atoms with Gasteiger partial charge in [0.15, 0.2) is 0 Å². The van der Waals surface area contributed by atoms with Crippen LogP contribution in [0.25, 0.3) is 10.9 Å². The first kappa shape index (κ1) is 26.2. The van der Waals surface area contributed by atoms with Crippen molar-refractivity contribution in [1.29, 1.82) is 0 Å². The molecular weight excluding hydrogens is 465 g/mol. The summed E-state index contributed by atoms with van der Waals surface area (Å²) in [5.74, 6) is -2.68. The number of amides is 1. The number of nitrogens with zero attached hydrogens (tertiary/aromatic N) is 2. The summed E-state index contributed by atoms with van der Waals surface area (Å²) >= 11 is 0. The lowest BCUT2D eigenvalue weighted by Crippen LogP contribution is -2.48. The van der Waals surface area contributed by atoms with E-state index < -0.39 is 12.1 Å². The number of halogens is 3. The van der Waals surface area contributed by atoms with Crippen LogP contribution in [0.2, 0.25) is 0 Å². The average molecular weight is 492 g/mol. The number of morpholine rings is 1. The number of hydrogen-bond donors (Lipinski definition) is 3. The molecule has 3 aromatic rings. The lowest BCUT2D eigenvalue weighted by Gasteiger charge is -2.35. The zero-order valence-corrected chi connectivity index (χ0v) is 19.3. The van der Waals surface area contributed by atoms with Crippen molar-refractivity contribution >= 4 is 22.8 Å². The highest BCUT2D eigenvalue weighted by molar-refractivity contribution is 5.94. The number of rotatable bonds is 5. The van der Waals surface area contributed by atoms with Gasteiger partial charge in [-0.1, -0.05) is 30.3 Å². The molecule has 1 saturated heterocycles. The molecule has 0 radical (unpaired) electrons. The van der Waals surface area contributed by atoms with E-state index in [9.17, 15) is 18.0 Å². The quantitative estimate of drug-likeness (QED) is 0.501. The van der Waals surface area contributed by atoms with E-state index in [0.717, 1.165) is 35.1 Å². The minimum absolute atomic E-state index is 0.0763. The Morgan fingerprint density at radius 2 is 1.74 bits per heavy atom. The van der Waals surface area contributed by atoms with Crippen molar-refractivity contribution in [1.82, 2.24) is 20.4 Å². The first-order valence-corrected chi connectivity index (χ1v) is 11.0. The summed E-state index contributed by atoms with van der Waals surface area (Å²) in [6.07, 6.45) is -3.09. The second-order valence-electron chi connectivity index (χ2n) is 8.32. The molecule has 1 fully saturated rings. The Labute approximate surface area is 200 Å². The molecule has 1 aliphatic rings. The summed E-state index contributed by atoms with van der Waals surface area (Å²) in [6.45, 7) is 6.80. The van der Waals surface area contributed by atoms with Crippen LogP contribution in [0.1, 0.15) is 35.3 Å².